The summed E-state index contributed by atoms with van der Waals surface area (Å²) in [5.74, 6) is -0.418. The first-order valence-electron chi connectivity index (χ1n) is 5.21. The molecule has 0 amide bonds. The quantitative estimate of drug-likeness (QED) is 0.597. The monoisotopic (exact) mass is 222 g/mol. The van der Waals surface area contributed by atoms with Gasteiger partial charge in [-0.25, -0.2) is 0 Å². The smallest absolute Gasteiger partial charge is 0.157 e. The van der Waals surface area contributed by atoms with Crippen molar-refractivity contribution in [2.75, 3.05) is 0 Å². The molecule has 3 nitrogen and oxygen atoms in total. The molecule has 0 aromatic heterocycles. The minimum Gasteiger partial charge on any atom is -0.504 e. The molecule has 0 spiro atoms. The van der Waals surface area contributed by atoms with Gasteiger partial charge in [-0.05, 0) is 30.7 Å². The lowest BCUT2D eigenvalue weighted by Crippen LogP contribution is -1.80. The van der Waals surface area contributed by atoms with Crippen LogP contribution in [-0.2, 0) is 4.79 Å². The zero-order chi connectivity index (χ0) is 12.6. The van der Waals surface area contributed by atoms with E-state index in [9.17, 15) is 4.79 Å². The molecule has 88 valence electrons. The zero-order valence-corrected chi connectivity index (χ0v) is 9.90. The highest BCUT2D eigenvalue weighted by Crippen LogP contribution is 2.25. The van der Waals surface area contributed by atoms with E-state index in [4.69, 9.17) is 10.2 Å². The first kappa shape index (κ1) is 14.2. The average molecular weight is 222 g/mol. The highest BCUT2D eigenvalue weighted by atomic mass is 16.3. The standard InChI is InChI=1S/C10H10O3.C3H8/c1-7(11)2-3-8-4-5-9(12)10(13)6-8;1-3-2/h2-6,12-13H,1H3;3H2,1-2H3/b3-2+;. The van der Waals surface area contributed by atoms with Gasteiger partial charge in [-0.1, -0.05) is 32.4 Å². The predicted molar refractivity (Wildman–Crippen MR) is 65.5 cm³/mol. The Morgan fingerprint density at radius 3 is 2.25 bits per heavy atom. The van der Waals surface area contributed by atoms with Crippen molar-refractivity contribution in [1.82, 2.24) is 0 Å². The van der Waals surface area contributed by atoms with Crippen molar-refractivity contribution in [3.8, 4) is 11.5 Å². The Morgan fingerprint density at radius 1 is 1.25 bits per heavy atom. The van der Waals surface area contributed by atoms with Crippen molar-refractivity contribution in [2.45, 2.75) is 27.2 Å². The van der Waals surface area contributed by atoms with Crippen LogP contribution in [0.2, 0.25) is 0 Å². The van der Waals surface area contributed by atoms with E-state index in [2.05, 4.69) is 13.8 Å². The van der Waals surface area contributed by atoms with Crippen LogP contribution >= 0.6 is 0 Å². The molecular weight excluding hydrogens is 204 g/mol. The number of phenolic OH excluding ortho intramolecular Hbond substituents is 2. The van der Waals surface area contributed by atoms with Crippen LogP contribution in [0.1, 0.15) is 32.8 Å². The summed E-state index contributed by atoms with van der Waals surface area (Å²) >= 11 is 0. The van der Waals surface area contributed by atoms with Crippen LogP contribution in [0.25, 0.3) is 6.08 Å². The van der Waals surface area contributed by atoms with E-state index in [1.807, 2.05) is 0 Å². The van der Waals surface area contributed by atoms with Crippen LogP contribution in [0.3, 0.4) is 0 Å². The molecule has 3 heteroatoms. The number of ketones is 1. The van der Waals surface area contributed by atoms with Crippen LogP contribution in [0.4, 0.5) is 0 Å². The molecule has 0 aliphatic heterocycles. The normalized spacial score (nSPS) is 9.69. The van der Waals surface area contributed by atoms with Crippen molar-refractivity contribution < 1.29 is 15.0 Å². The summed E-state index contributed by atoms with van der Waals surface area (Å²) in [7, 11) is 0. The lowest BCUT2D eigenvalue weighted by atomic mass is 10.2. The van der Waals surface area contributed by atoms with Crippen LogP contribution < -0.4 is 0 Å². The molecule has 0 radical (unpaired) electrons. The molecule has 0 bridgehead atoms. The molecule has 0 saturated carbocycles. The Morgan fingerprint density at radius 2 is 1.81 bits per heavy atom. The molecule has 0 heterocycles. The van der Waals surface area contributed by atoms with Gasteiger partial charge in [0.25, 0.3) is 0 Å². The number of hydrogen-bond acceptors (Lipinski definition) is 3. The van der Waals surface area contributed by atoms with Crippen LogP contribution in [0, 0.1) is 0 Å². The number of rotatable bonds is 2. The fraction of sp³-hybridized carbons (Fsp3) is 0.308. The number of phenols is 2. The molecule has 1 rings (SSSR count). The lowest BCUT2D eigenvalue weighted by molar-refractivity contribution is -0.112. The van der Waals surface area contributed by atoms with E-state index in [1.54, 1.807) is 12.1 Å². The van der Waals surface area contributed by atoms with E-state index >= 15 is 0 Å². The largest absolute Gasteiger partial charge is 0.504 e. The predicted octanol–water partition coefficient (Wildman–Crippen LogP) is 3.12. The number of aromatic hydroxyl groups is 2. The van der Waals surface area contributed by atoms with Gasteiger partial charge >= 0.3 is 0 Å². The summed E-state index contributed by atoms with van der Waals surface area (Å²) in [6.07, 6.45) is 4.22. The minimum atomic E-state index is -0.189. The summed E-state index contributed by atoms with van der Waals surface area (Å²) in [6.45, 7) is 5.69. The second-order valence-corrected chi connectivity index (χ2v) is 3.40. The van der Waals surface area contributed by atoms with Gasteiger partial charge in [0.05, 0.1) is 0 Å². The summed E-state index contributed by atoms with van der Waals surface area (Å²) < 4.78 is 0. The van der Waals surface area contributed by atoms with Crippen molar-refractivity contribution in [3.05, 3.63) is 29.8 Å². The first-order chi connectivity index (χ1) is 7.51. The number of carbonyl (C=O) groups excluding carboxylic acids is 1. The van der Waals surface area contributed by atoms with E-state index in [1.165, 1.54) is 31.6 Å². The maximum Gasteiger partial charge on any atom is 0.157 e. The molecule has 0 atom stereocenters. The zero-order valence-electron chi connectivity index (χ0n) is 9.90. The number of carbonyl (C=O) groups is 1. The highest BCUT2D eigenvalue weighted by molar-refractivity contribution is 5.91. The molecule has 0 fully saturated rings. The molecule has 0 saturated heterocycles. The summed E-state index contributed by atoms with van der Waals surface area (Å²) in [6, 6.07) is 4.36. The van der Waals surface area contributed by atoms with Gasteiger partial charge in [0.1, 0.15) is 0 Å². The summed E-state index contributed by atoms with van der Waals surface area (Å²) in [5.41, 5.74) is 0.672. The second kappa shape index (κ2) is 7.51. The average Bonchev–Trinajstić information content (AvgIpc) is 2.21. The molecule has 2 N–H and O–H groups in total. The third-order valence-electron chi connectivity index (χ3n) is 1.51. The number of benzene rings is 1. The lowest BCUT2D eigenvalue weighted by Gasteiger charge is -1.97. The molecule has 1 aromatic rings. The van der Waals surface area contributed by atoms with Crippen molar-refractivity contribution >= 4 is 11.9 Å². The third-order valence-corrected chi connectivity index (χ3v) is 1.51. The molecule has 0 aliphatic carbocycles. The SMILES string of the molecule is CC(=O)/C=C/c1ccc(O)c(O)c1.CCC. The highest BCUT2D eigenvalue weighted by Gasteiger charge is 1.97. The fourth-order valence-electron chi connectivity index (χ4n) is 0.858. The number of hydrogen-bond donors (Lipinski definition) is 2. The molecule has 0 aliphatic rings. The van der Waals surface area contributed by atoms with Gasteiger partial charge in [0.2, 0.25) is 0 Å². The second-order valence-electron chi connectivity index (χ2n) is 3.40. The Balaban J connectivity index is 0.000000673. The van der Waals surface area contributed by atoms with Crippen LogP contribution in [-0.4, -0.2) is 16.0 Å². The summed E-state index contributed by atoms with van der Waals surface area (Å²) in [4.78, 5) is 10.6. The Kier molecular flexibility index (Phi) is 6.68. The fourth-order valence-corrected chi connectivity index (χ4v) is 0.858. The van der Waals surface area contributed by atoms with E-state index < -0.39 is 0 Å². The number of allylic oxidation sites excluding steroid dienone is 1. The Labute approximate surface area is 96.1 Å². The van der Waals surface area contributed by atoms with Gasteiger partial charge in [-0.3, -0.25) is 4.79 Å². The van der Waals surface area contributed by atoms with Gasteiger partial charge in [0, 0.05) is 0 Å². The summed E-state index contributed by atoms with van der Waals surface area (Å²) in [5, 5.41) is 18.1. The maximum atomic E-state index is 10.6. The first-order valence-corrected chi connectivity index (χ1v) is 5.21. The minimum absolute atomic E-state index is 0.0624. The van der Waals surface area contributed by atoms with Gasteiger partial charge in [-0.2, -0.15) is 0 Å². The van der Waals surface area contributed by atoms with Crippen LogP contribution in [0.15, 0.2) is 24.3 Å². The van der Waals surface area contributed by atoms with Gasteiger partial charge in [-0.15, -0.1) is 0 Å². The van der Waals surface area contributed by atoms with E-state index in [-0.39, 0.29) is 17.3 Å². The van der Waals surface area contributed by atoms with Crippen LogP contribution in [0.5, 0.6) is 11.5 Å². The van der Waals surface area contributed by atoms with Crippen molar-refractivity contribution in [3.63, 3.8) is 0 Å². The third kappa shape index (κ3) is 5.86. The molecular formula is C13H18O3. The molecule has 0 unspecified atom stereocenters. The topological polar surface area (TPSA) is 57.5 Å². The molecule has 16 heavy (non-hydrogen) atoms. The van der Waals surface area contributed by atoms with E-state index in [0.717, 1.165) is 0 Å². The maximum absolute atomic E-state index is 10.6. The molecule has 1 aromatic carbocycles. The Bertz CT molecular complexity index is 367. The Hall–Kier alpha value is -1.77. The van der Waals surface area contributed by atoms with Gasteiger partial charge < -0.3 is 10.2 Å². The van der Waals surface area contributed by atoms with Gasteiger partial charge in [0.15, 0.2) is 17.3 Å². The van der Waals surface area contributed by atoms with E-state index in [0.29, 0.717) is 5.56 Å². The van der Waals surface area contributed by atoms with Crippen molar-refractivity contribution in [2.24, 2.45) is 0 Å². The van der Waals surface area contributed by atoms with Crippen molar-refractivity contribution in [1.29, 1.82) is 0 Å².